The molecule has 0 aliphatic rings. The van der Waals surface area contributed by atoms with Gasteiger partial charge in [-0.2, -0.15) is 5.26 Å². The number of rotatable bonds is 3. The van der Waals surface area contributed by atoms with Gasteiger partial charge in [0.1, 0.15) is 4.90 Å². The van der Waals surface area contributed by atoms with Crippen molar-refractivity contribution in [2.45, 2.75) is 11.8 Å². The van der Waals surface area contributed by atoms with E-state index in [4.69, 9.17) is 16.9 Å². The summed E-state index contributed by atoms with van der Waals surface area (Å²) in [4.78, 5) is -0.0687. The molecule has 0 atom stereocenters. The fourth-order valence-corrected chi connectivity index (χ4v) is 3.99. The number of nitriles is 1. The average molecular weight is 386 g/mol. The molecule has 108 valence electrons. The lowest BCUT2D eigenvalue weighted by Gasteiger charge is -2.10. The third-order valence-electron chi connectivity index (χ3n) is 2.64. The zero-order valence-corrected chi connectivity index (χ0v) is 14.1. The Balaban J connectivity index is 2.41. The van der Waals surface area contributed by atoms with Gasteiger partial charge in [0, 0.05) is 4.47 Å². The second kappa shape index (κ2) is 6.06. The minimum absolute atomic E-state index is 0.00766. The lowest BCUT2D eigenvalue weighted by atomic mass is 10.2. The van der Waals surface area contributed by atoms with Crippen LogP contribution in [0.15, 0.2) is 45.8 Å². The second-order valence-electron chi connectivity index (χ2n) is 4.38. The predicted octanol–water partition coefficient (Wildman–Crippen LogP) is 4.08. The predicted molar refractivity (Wildman–Crippen MR) is 85.9 cm³/mol. The first-order chi connectivity index (χ1) is 9.81. The van der Waals surface area contributed by atoms with Crippen LogP contribution in [0.1, 0.15) is 11.1 Å². The van der Waals surface area contributed by atoms with Crippen molar-refractivity contribution >= 4 is 43.2 Å². The Morgan fingerprint density at radius 2 is 1.95 bits per heavy atom. The lowest BCUT2D eigenvalue weighted by Crippen LogP contribution is -2.13. The maximum absolute atomic E-state index is 12.4. The summed E-state index contributed by atoms with van der Waals surface area (Å²) >= 11 is 9.26. The van der Waals surface area contributed by atoms with Gasteiger partial charge in [-0.1, -0.05) is 27.5 Å². The van der Waals surface area contributed by atoms with E-state index >= 15 is 0 Å². The summed E-state index contributed by atoms with van der Waals surface area (Å²) in [6, 6.07) is 11.2. The van der Waals surface area contributed by atoms with E-state index in [9.17, 15) is 8.42 Å². The van der Waals surface area contributed by atoms with E-state index < -0.39 is 10.0 Å². The van der Waals surface area contributed by atoms with Crippen LogP contribution in [0.5, 0.6) is 0 Å². The fraction of sp³-hybridized carbons (Fsp3) is 0.0714. The van der Waals surface area contributed by atoms with Gasteiger partial charge in [0.2, 0.25) is 0 Å². The van der Waals surface area contributed by atoms with Crippen LogP contribution in [0.25, 0.3) is 0 Å². The molecule has 0 aliphatic carbocycles. The molecule has 0 radical (unpaired) electrons. The van der Waals surface area contributed by atoms with Crippen LogP contribution in [0, 0.1) is 18.3 Å². The Kier molecular flexibility index (Phi) is 4.57. The molecule has 7 heteroatoms. The summed E-state index contributed by atoms with van der Waals surface area (Å²) in [5.41, 5.74) is 1.65. The van der Waals surface area contributed by atoms with Crippen LogP contribution < -0.4 is 4.72 Å². The van der Waals surface area contributed by atoms with Crippen LogP contribution in [-0.4, -0.2) is 8.42 Å². The number of nitrogens with zero attached hydrogens (tertiary/aromatic N) is 1. The molecule has 0 saturated carbocycles. The first kappa shape index (κ1) is 15.8. The summed E-state index contributed by atoms with van der Waals surface area (Å²) < 4.78 is 27.9. The SMILES string of the molecule is Cc1cc(Br)cc(NS(=O)(=O)c2ccc(C#N)cc2Cl)c1. The monoisotopic (exact) mass is 384 g/mol. The van der Waals surface area contributed by atoms with Crippen LogP contribution in [0.4, 0.5) is 5.69 Å². The highest BCUT2D eigenvalue weighted by Crippen LogP contribution is 2.26. The largest absolute Gasteiger partial charge is 0.280 e. The number of sulfonamides is 1. The summed E-state index contributed by atoms with van der Waals surface area (Å²) in [6.07, 6.45) is 0. The molecular weight excluding hydrogens is 376 g/mol. The van der Waals surface area contributed by atoms with Crippen molar-refractivity contribution in [1.29, 1.82) is 5.26 Å². The van der Waals surface area contributed by atoms with Crippen LogP contribution in [0.2, 0.25) is 5.02 Å². The normalized spacial score (nSPS) is 11.0. The molecular formula is C14H10BrClN2O2S. The molecule has 0 unspecified atom stereocenters. The minimum atomic E-state index is -3.81. The summed E-state index contributed by atoms with van der Waals surface area (Å²) in [5, 5.41) is 8.78. The molecule has 0 heterocycles. The average Bonchev–Trinajstić information content (AvgIpc) is 2.36. The van der Waals surface area contributed by atoms with Crippen molar-refractivity contribution in [3.8, 4) is 6.07 Å². The first-order valence-electron chi connectivity index (χ1n) is 5.81. The maximum atomic E-state index is 12.4. The third-order valence-corrected chi connectivity index (χ3v) is 4.97. The highest BCUT2D eigenvalue weighted by atomic mass is 79.9. The van der Waals surface area contributed by atoms with Crippen LogP contribution in [0.3, 0.4) is 0 Å². The molecule has 2 aromatic carbocycles. The first-order valence-corrected chi connectivity index (χ1v) is 8.47. The van der Waals surface area contributed by atoms with Gasteiger partial charge in [0.25, 0.3) is 10.0 Å². The smallest absolute Gasteiger partial charge is 0.263 e. The van der Waals surface area contributed by atoms with Crippen molar-refractivity contribution in [3.63, 3.8) is 0 Å². The molecule has 0 saturated heterocycles. The third kappa shape index (κ3) is 3.76. The van der Waals surface area contributed by atoms with E-state index in [1.807, 2.05) is 19.1 Å². The molecule has 0 aliphatic heterocycles. The van der Waals surface area contributed by atoms with E-state index in [1.54, 1.807) is 12.1 Å². The Hall–Kier alpha value is -1.55. The fourth-order valence-electron chi connectivity index (χ4n) is 1.79. The molecule has 4 nitrogen and oxygen atoms in total. The summed E-state index contributed by atoms with van der Waals surface area (Å²) in [6.45, 7) is 1.86. The van der Waals surface area contributed by atoms with Gasteiger partial charge >= 0.3 is 0 Å². The van der Waals surface area contributed by atoms with Crippen molar-refractivity contribution in [1.82, 2.24) is 0 Å². The summed E-state index contributed by atoms with van der Waals surface area (Å²) in [5.74, 6) is 0. The quantitative estimate of drug-likeness (QED) is 0.865. The van der Waals surface area contributed by atoms with Gasteiger partial charge in [-0.05, 0) is 48.9 Å². The van der Waals surface area contributed by atoms with Crippen molar-refractivity contribution in [2.75, 3.05) is 4.72 Å². The molecule has 0 bridgehead atoms. The lowest BCUT2D eigenvalue weighted by molar-refractivity contribution is 0.601. The van der Waals surface area contributed by atoms with E-state index in [-0.39, 0.29) is 9.92 Å². The molecule has 0 amide bonds. The zero-order chi connectivity index (χ0) is 15.6. The van der Waals surface area contributed by atoms with Crippen molar-refractivity contribution < 1.29 is 8.42 Å². The number of nitrogens with one attached hydrogen (secondary N) is 1. The van der Waals surface area contributed by atoms with Gasteiger partial charge in [-0.3, -0.25) is 4.72 Å². The van der Waals surface area contributed by atoms with Crippen LogP contribution >= 0.6 is 27.5 Å². The number of aryl methyl sites for hydroxylation is 1. The Bertz CT molecular complexity index is 824. The molecule has 21 heavy (non-hydrogen) atoms. The number of hydrogen-bond donors (Lipinski definition) is 1. The van der Waals surface area contributed by atoms with E-state index in [2.05, 4.69) is 20.7 Å². The molecule has 1 N–H and O–H groups in total. The van der Waals surface area contributed by atoms with Gasteiger partial charge < -0.3 is 0 Å². The Morgan fingerprint density at radius 3 is 2.52 bits per heavy atom. The molecule has 0 aromatic heterocycles. The highest BCUT2D eigenvalue weighted by Gasteiger charge is 2.18. The van der Waals surface area contributed by atoms with E-state index in [0.29, 0.717) is 11.3 Å². The molecule has 2 rings (SSSR count). The van der Waals surface area contributed by atoms with E-state index in [1.165, 1.54) is 18.2 Å². The van der Waals surface area contributed by atoms with Gasteiger partial charge in [-0.15, -0.1) is 0 Å². The topological polar surface area (TPSA) is 70.0 Å². The highest BCUT2D eigenvalue weighted by molar-refractivity contribution is 9.10. The molecule has 0 fully saturated rings. The second-order valence-corrected chi connectivity index (χ2v) is 7.35. The van der Waals surface area contributed by atoms with Crippen molar-refractivity contribution in [3.05, 3.63) is 57.0 Å². The summed E-state index contributed by atoms with van der Waals surface area (Å²) in [7, 11) is -3.81. The number of benzene rings is 2. The Labute approximate surface area is 136 Å². The zero-order valence-electron chi connectivity index (χ0n) is 10.9. The van der Waals surface area contributed by atoms with E-state index in [0.717, 1.165) is 10.0 Å². The Morgan fingerprint density at radius 1 is 1.24 bits per heavy atom. The number of anilines is 1. The maximum Gasteiger partial charge on any atom is 0.263 e. The van der Waals surface area contributed by atoms with Gasteiger partial charge in [-0.25, -0.2) is 8.42 Å². The standard InChI is InChI=1S/C14H10BrClN2O2S/c1-9-4-11(15)7-12(5-9)18-21(19,20)14-3-2-10(8-17)6-13(14)16/h2-7,18H,1H3. The van der Waals surface area contributed by atoms with Crippen LogP contribution in [-0.2, 0) is 10.0 Å². The number of hydrogen-bond acceptors (Lipinski definition) is 3. The molecule has 2 aromatic rings. The minimum Gasteiger partial charge on any atom is -0.280 e. The van der Waals surface area contributed by atoms with Crippen molar-refractivity contribution in [2.24, 2.45) is 0 Å². The number of halogens is 2. The molecule has 0 spiro atoms. The van der Waals surface area contributed by atoms with Gasteiger partial charge in [0.05, 0.1) is 22.3 Å². The van der Waals surface area contributed by atoms with Gasteiger partial charge in [0.15, 0.2) is 0 Å².